The molecule has 2 atom stereocenters. The van der Waals surface area contributed by atoms with Crippen LogP contribution in [0, 0.1) is 5.92 Å². The Bertz CT molecular complexity index is 391. The minimum absolute atomic E-state index is 0.174. The monoisotopic (exact) mass is 246 g/mol. The van der Waals surface area contributed by atoms with Gasteiger partial charge in [-0.05, 0) is 6.42 Å². The van der Waals surface area contributed by atoms with Crippen molar-refractivity contribution in [3.05, 3.63) is 0 Å². The van der Waals surface area contributed by atoms with Crippen LogP contribution >= 0.6 is 0 Å². The lowest BCUT2D eigenvalue weighted by Gasteiger charge is -2.35. The van der Waals surface area contributed by atoms with E-state index in [0.717, 1.165) is 31.6 Å². The third kappa shape index (κ3) is 2.38. The number of likely N-dealkylation sites (tertiary alicyclic amines) is 1. The maximum Gasteiger partial charge on any atom is 0.151 e. The van der Waals surface area contributed by atoms with Crippen LogP contribution in [0.2, 0.25) is 0 Å². The number of oxime groups is 1. The summed E-state index contributed by atoms with van der Waals surface area (Å²) in [5.74, 6) is 0.844. The predicted molar refractivity (Wildman–Crippen MR) is 61.6 cm³/mol. The van der Waals surface area contributed by atoms with E-state index in [4.69, 9.17) is 5.21 Å². The van der Waals surface area contributed by atoms with E-state index in [9.17, 15) is 8.42 Å². The van der Waals surface area contributed by atoms with Crippen molar-refractivity contribution >= 4 is 15.5 Å². The number of nitrogens with zero attached hydrogens (tertiary/aromatic N) is 2. The fourth-order valence-electron chi connectivity index (χ4n) is 2.60. The highest BCUT2D eigenvalue weighted by Gasteiger charge is 2.35. The maximum atomic E-state index is 11.4. The molecule has 0 aliphatic carbocycles. The predicted octanol–water partition coefficient (Wildman–Crippen LogP) is 0.346. The Morgan fingerprint density at radius 3 is 2.75 bits per heavy atom. The highest BCUT2D eigenvalue weighted by atomic mass is 32.2. The molecule has 16 heavy (non-hydrogen) atoms. The quantitative estimate of drug-likeness (QED) is 0.535. The van der Waals surface area contributed by atoms with Crippen LogP contribution in [0.15, 0.2) is 5.16 Å². The third-order valence-corrected chi connectivity index (χ3v) is 5.34. The van der Waals surface area contributed by atoms with Gasteiger partial charge in [0.05, 0.1) is 17.2 Å². The minimum atomic E-state index is -2.80. The van der Waals surface area contributed by atoms with Crippen molar-refractivity contribution < 1.29 is 13.6 Å². The average Bonchev–Trinajstić information content (AvgIpc) is 2.59. The van der Waals surface area contributed by atoms with Crippen LogP contribution in [0.25, 0.3) is 0 Å². The molecule has 92 valence electrons. The topological polar surface area (TPSA) is 70.0 Å². The lowest BCUT2D eigenvalue weighted by Crippen LogP contribution is -2.46. The number of rotatable bonds is 1. The van der Waals surface area contributed by atoms with Gasteiger partial charge in [0.25, 0.3) is 0 Å². The summed E-state index contributed by atoms with van der Waals surface area (Å²) >= 11 is 0. The number of hydrogen-bond acceptors (Lipinski definition) is 5. The largest absolute Gasteiger partial charge is 0.411 e. The van der Waals surface area contributed by atoms with Crippen molar-refractivity contribution in [3.8, 4) is 0 Å². The first-order chi connectivity index (χ1) is 7.52. The molecule has 2 saturated heterocycles. The fraction of sp³-hybridized carbons (Fsp3) is 0.900. The normalized spacial score (nSPS) is 37.9. The van der Waals surface area contributed by atoms with Crippen LogP contribution in [0.1, 0.15) is 19.8 Å². The minimum Gasteiger partial charge on any atom is -0.411 e. The van der Waals surface area contributed by atoms with E-state index in [0.29, 0.717) is 11.5 Å². The summed E-state index contributed by atoms with van der Waals surface area (Å²) in [5.41, 5.74) is 0.831. The molecule has 0 amide bonds. The van der Waals surface area contributed by atoms with Gasteiger partial charge in [-0.3, -0.25) is 4.90 Å². The van der Waals surface area contributed by atoms with Gasteiger partial charge in [-0.25, -0.2) is 8.42 Å². The van der Waals surface area contributed by atoms with E-state index in [1.165, 1.54) is 0 Å². The molecule has 2 aliphatic rings. The molecular weight excluding hydrogens is 228 g/mol. The second kappa shape index (κ2) is 4.33. The van der Waals surface area contributed by atoms with E-state index in [-0.39, 0.29) is 12.0 Å². The van der Waals surface area contributed by atoms with Gasteiger partial charge in [-0.2, -0.15) is 0 Å². The van der Waals surface area contributed by atoms with Crippen molar-refractivity contribution in [3.63, 3.8) is 0 Å². The fourth-order valence-corrected chi connectivity index (χ4v) is 4.36. The Balaban J connectivity index is 1.99. The number of piperidine rings is 1. The zero-order chi connectivity index (χ0) is 11.8. The Labute approximate surface area is 96.0 Å². The number of hydrogen-bond donors (Lipinski definition) is 1. The van der Waals surface area contributed by atoms with Crippen LogP contribution in [-0.4, -0.2) is 54.9 Å². The Morgan fingerprint density at radius 2 is 2.25 bits per heavy atom. The van der Waals surface area contributed by atoms with Crippen LogP contribution in [0.3, 0.4) is 0 Å². The van der Waals surface area contributed by atoms with Crippen molar-refractivity contribution in [2.45, 2.75) is 25.8 Å². The lowest BCUT2D eigenvalue weighted by molar-refractivity contribution is 0.185. The highest BCUT2D eigenvalue weighted by Crippen LogP contribution is 2.23. The van der Waals surface area contributed by atoms with Crippen molar-refractivity contribution in [2.24, 2.45) is 11.1 Å². The maximum absolute atomic E-state index is 11.4. The first kappa shape index (κ1) is 11.9. The summed E-state index contributed by atoms with van der Waals surface area (Å²) in [7, 11) is -2.80. The van der Waals surface area contributed by atoms with Crippen molar-refractivity contribution in [1.82, 2.24) is 4.90 Å². The summed E-state index contributed by atoms with van der Waals surface area (Å²) in [4.78, 5) is 2.23. The molecule has 0 aromatic rings. The zero-order valence-corrected chi connectivity index (χ0v) is 10.3. The van der Waals surface area contributed by atoms with Crippen molar-refractivity contribution in [1.29, 1.82) is 0 Å². The molecule has 5 nitrogen and oxygen atoms in total. The van der Waals surface area contributed by atoms with Crippen LogP contribution in [0.5, 0.6) is 0 Å². The summed E-state index contributed by atoms with van der Waals surface area (Å²) in [5, 5.41) is 12.1. The summed E-state index contributed by atoms with van der Waals surface area (Å²) in [6.45, 7) is 3.63. The highest BCUT2D eigenvalue weighted by molar-refractivity contribution is 7.91. The molecule has 0 saturated carbocycles. The van der Waals surface area contributed by atoms with E-state index in [2.05, 4.69) is 10.1 Å². The van der Waals surface area contributed by atoms with Gasteiger partial charge >= 0.3 is 0 Å². The summed E-state index contributed by atoms with van der Waals surface area (Å²) in [6.07, 6.45) is 1.49. The van der Waals surface area contributed by atoms with E-state index in [1.54, 1.807) is 0 Å². The standard InChI is InChI=1S/C10H18N2O3S/c1-8-6-12(4-2-10(8)11-13)9-3-5-16(14,15)7-9/h8-9,13H,2-7H2,1H3. The van der Waals surface area contributed by atoms with Gasteiger partial charge in [-0.1, -0.05) is 12.1 Å². The number of sulfone groups is 1. The SMILES string of the molecule is CC1CN(C2CCS(=O)(=O)C2)CCC1=NO. The molecule has 2 rings (SSSR count). The van der Waals surface area contributed by atoms with Crippen LogP contribution < -0.4 is 0 Å². The molecule has 0 spiro atoms. The molecule has 0 aromatic carbocycles. The Hall–Kier alpha value is -0.620. The molecule has 1 N–H and O–H groups in total. The van der Waals surface area contributed by atoms with Gasteiger partial charge in [-0.15, -0.1) is 0 Å². The van der Waals surface area contributed by atoms with Gasteiger partial charge in [0.2, 0.25) is 0 Å². The van der Waals surface area contributed by atoms with Gasteiger partial charge < -0.3 is 5.21 Å². The Morgan fingerprint density at radius 1 is 1.50 bits per heavy atom. The van der Waals surface area contributed by atoms with Crippen molar-refractivity contribution in [2.75, 3.05) is 24.6 Å². The van der Waals surface area contributed by atoms with E-state index in [1.807, 2.05) is 6.92 Å². The van der Waals surface area contributed by atoms with E-state index < -0.39 is 9.84 Å². The second-order valence-corrected chi connectivity index (χ2v) is 7.02. The first-order valence-corrected chi connectivity index (χ1v) is 7.49. The first-order valence-electron chi connectivity index (χ1n) is 5.67. The smallest absolute Gasteiger partial charge is 0.151 e. The molecule has 6 heteroatoms. The summed E-state index contributed by atoms with van der Waals surface area (Å²) in [6, 6.07) is 0.174. The zero-order valence-electron chi connectivity index (χ0n) is 9.46. The molecule has 0 radical (unpaired) electrons. The van der Waals surface area contributed by atoms with Gasteiger partial charge in [0.15, 0.2) is 9.84 Å². The third-order valence-electron chi connectivity index (χ3n) is 3.59. The lowest BCUT2D eigenvalue weighted by atomic mass is 9.96. The molecule has 2 fully saturated rings. The van der Waals surface area contributed by atoms with E-state index >= 15 is 0 Å². The molecule has 2 aliphatic heterocycles. The molecular formula is C10H18N2O3S. The van der Waals surface area contributed by atoms with Gasteiger partial charge in [0, 0.05) is 31.5 Å². The second-order valence-electron chi connectivity index (χ2n) is 4.79. The Kier molecular flexibility index (Phi) is 3.21. The average molecular weight is 246 g/mol. The summed E-state index contributed by atoms with van der Waals surface area (Å²) < 4.78 is 22.8. The molecule has 2 heterocycles. The molecule has 0 aromatic heterocycles. The molecule has 2 unspecified atom stereocenters. The van der Waals surface area contributed by atoms with Gasteiger partial charge in [0.1, 0.15) is 0 Å². The van der Waals surface area contributed by atoms with Crippen LogP contribution in [-0.2, 0) is 9.84 Å². The van der Waals surface area contributed by atoms with Crippen LogP contribution in [0.4, 0.5) is 0 Å². The molecule has 0 bridgehead atoms.